The summed E-state index contributed by atoms with van der Waals surface area (Å²) in [6.07, 6.45) is -1.17. The van der Waals surface area contributed by atoms with Crippen LogP contribution in [0.2, 0.25) is 0 Å². The van der Waals surface area contributed by atoms with Gasteiger partial charge in [-0.25, -0.2) is 14.5 Å². The number of nitrogen functional groups attached to an aromatic ring is 1. The number of anilines is 1. The van der Waals surface area contributed by atoms with Crippen molar-refractivity contribution in [1.29, 1.82) is 0 Å². The van der Waals surface area contributed by atoms with E-state index < -0.39 is 49.7 Å². The molecule has 4 N–H and O–H groups in total. The number of halogens is 1. The van der Waals surface area contributed by atoms with E-state index in [9.17, 15) is 14.5 Å². The smallest absolute Gasteiger partial charge is 0.459 e. The van der Waals surface area contributed by atoms with E-state index in [0.29, 0.717) is 11.2 Å². The Hall–Kier alpha value is -3.24. The molecule has 1 saturated heterocycles. The normalized spacial score (nSPS) is 24.7. The Labute approximate surface area is 235 Å². The van der Waals surface area contributed by atoms with Crippen molar-refractivity contribution in [2.24, 2.45) is 0 Å². The highest BCUT2D eigenvalue weighted by Crippen LogP contribution is 2.48. The largest absolute Gasteiger partial charge is 0.462 e. The van der Waals surface area contributed by atoms with Crippen LogP contribution in [0.5, 0.6) is 5.75 Å². The average Bonchev–Trinajstić information content (AvgIpc) is 3.41. The van der Waals surface area contributed by atoms with Crippen LogP contribution in [-0.2, 0) is 23.4 Å². The lowest BCUT2D eigenvalue weighted by atomic mass is 9.99. The van der Waals surface area contributed by atoms with Gasteiger partial charge in [0.15, 0.2) is 16.7 Å². The Morgan fingerprint density at radius 2 is 2.05 bits per heavy atom. The van der Waals surface area contributed by atoms with Crippen LogP contribution in [0.25, 0.3) is 11.2 Å². The van der Waals surface area contributed by atoms with Crippen molar-refractivity contribution in [2.75, 3.05) is 12.3 Å². The van der Waals surface area contributed by atoms with E-state index in [2.05, 4.69) is 31.9 Å². The fraction of sp³-hybridized carbons (Fsp3) is 0.440. The first kappa shape index (κ1) is 29.7. The number of hydrogen-bond donors (Lipinski definition) is 3. The predicted octanol–water partition coefficient (Wildman–Crippen LogP) is 2.80. The third-order valence-corrected chi connectivity index (χ3v) is 7.93. The lowest BCUT2D eigenvalue weighted by Gasteiger charge is -2.26. The second-order valence-electron chi connectivity index (χ2n) is 9.24. The van der Waals surface area contributed by atoms with Crippen molar-refractivity contribution >= 4 is 42.4 Å². The van der Waals surface area contributed by atoms with Gasteiger partial charge in [-0.05, 0) is 39.8 Å². The average molecular weight is 593 g/mol. The van der Waals surface area contributed by atoms with Crippen LogP contribution in [0.3, 0.4) is 0 Å². The van der Waals surface area contributed by atoms with Crippen LogP contribution in [0.15, 0.2) is 42.9 Å². The van der Waals surface area contributed by atoms with Crippen LogP contribution in [0, 0.1) is 11.8 Å². The summed E-state index contributed by atoms with van der Waals surface area (Å²) in [5.74, 6) is 5.09. The SMILES string of the molecule is CC#C[C@@]1(Cl)C(O)[C@@H](COP(=O)(N[C@@H](C)C(=O)OC(C)C)Oc2ccccc2)O[C@H]1n1cnc2cnc(N)nc21. The Bertz CT molecular complexity index is 1460. The van der Waals surface area contributed by atoms with Crippen molar-refractivity contribution in [2.45, 2.75) is 63.2 Å². The van der Waals surface area contributed by atoms with Gasteiger partial charge in [0.25, 0.3) is 0 Å². The molecule has 214 valence electrons. The van der Waals surface area contributed by atoms with E-state index in [-0.39, 0.29) is 17.8 Å². The number of fused-ring (bicyclic) bond motifs is 1. The minimum atomic E-state index is -4.23. The predicted molar refractivity (Wildman–Crippen MR) is 146 cm³/mol. The lowest BCUT2D eigenvalue weighted by Crippen LogP contribution is -2.42. The van der Waals surface area contributed by atoms with Crippen molar-refractivity contribution in [3.05, 3.63) is 42.9 Å². The second kappa shape index (κ2) is 12.1. The molecule has 40 heavy (non-hydrogen) atoms. The summed E-state index contributed by atoms with van der Waals surface area (Å²) in [5, 5.41) is 13.8. The molecule has 3 heterocycles. The highest BCUT2D eigenvalue weighted by Gasteiger charge is 2.56. The number of aliphatic hydroxyl groups is 1. The lowest BCUT2D eigenvalue weighted by molar-refractivity contribution is -0.149. The van der Waals surface area contributed by atoms with E-state index in [1.165, 1.54) is 24.0 Å². The number of esters is 1. The molecular formula is C25H30ClN6O7P. The number of hydrogen-bond acceptors (Lipinski definition) is 11. The summed E-state index contributed by atoms with van der Waals surface area (Å²) in [7, 11) is -4.23. The molecule has 1 fully saturated rings. The molecule has 2 unspecified atom stereocenters. The van der Waals surface area contributed by atoms with E-state index >= 15 is 0 Å². The van der Waals surface area contributed by atoms with Gasteiger partial charge in [0, 0.05) is 0 Å². The number of aromatic nitrogens is 4. The molecule has 0 amide bonds. The molecule has 0 radical (unpaired) electrons. The zero-order chi connectivity index (χ0) is 29.1. The molecule has 4 rings (SSSR count). The number of ether oxygens (including phenoxy) is 2. The fourth-order valence-electron chi connectivity index (χ4n) is 4.00. The molecule has 0 bridgehead atoms. The van der Waals surface area contributed by atoms with E-state index in [1.54, 1.807) is 51.1 Å². The van der Waals surface area contributed by atoms with Gasteiger partial charge in [0.2, 0.25) is 5.95 Å². The van der Waals surface area contributed by atoms with Crippen LogP contribution in [0.1, 0.15) is 33.9 Å². The zero-order valence-corrected chi connectivity index (χ0v) is 23.9. The highest BCUT2D eigenvalue weighted by molar-refractivity contribution is 7.52. The van der Waals surface area contributed by atoms with Crippen LogP contribution >= 0.6 is 19.3 Å². The third-order valence-electron chi connectivity index (χ3n) is 5.78. The summed E-state index contributed by atoms with van der Waals surface area (Å²) >= 11 is 6.86. The van der Waals surface area contributed by atoms with Gasteiger partial charge >= 0.3 is 13.7 Å². The molecule has 0 aliphatic carbocycles. The number of aliphatic hydroxyl groups excluding tert-OH is 1. The number of alkyl halides is 1. The number of benzene rings is 1. The Morgan fingerprint density at radius 3 is 2.73 bits per heavy atom. The monoisotopic (exact) mass is 592 g/mol. The molecule has 2 aromatic heterocycles. The topological polar surface area (TPSA) is 173 Å². The molecule has 15 heteroatoms. The minimum Gasteiger partial charge on any atom is -0.462 e. The van der Waals surface area contributed by atoms with Crippen LogP contribution in [0.4, 0.5) is 5.95 Å². The first-order chi connectivity index (χ1) is 19.0. The Kier molecular flexibility index (Phi) is 8.99. The maximum Gasteiger partial charge on any atom is 0.459 e. The molecule has 0 saturated carbocycles. The van der Waals surface area contributed by atoms with Gasteiger partial charge in [0.05, 0.1) is 25.2 Å². The van der Waals surface area contributed by atoms with Crippen LogP contribution in [-0.4, -0.2) is 66.4 Å². The molecule has 0 spiro atoms. The summed E-state index contributed by atoms with van der Waals surface area (Å²) in [4.78, 5) is 23.1. The van der Waals surface area contributed by atoms with Gasteiger partial charge in [-0.3, -0.25) is 13.9 Å². The van der Waals surface area contributed by atoms with Crippen molar-refractivity contribution < 1.29 is 33.0 Å². The number of rotatable bonds is 10. The second-order valence-corrected chi connectivity index (χ2v) is 11.6. The quantitative estimate of drug-likeness (QED) is 0.136. The molecule has 1 aliphatic heterocycles. The van der Waals surface area contributed by atoms with Crippen molar-refractivity contribution in [3.8, 4) is 17.6 Å². The molecule has 13 nitrogen and oxygen atoms in total. The van der Waals surface area contributed by atoms with E-state index in [4.69, 9.17) is 35.9 Å². The van der Waals surface area contributed by atoms with E-state index in [1.807, 2.05) is 0 Å². The number of imidazole rings is 1. The maximum absolute atomic E-state index is 13.8. The first-order valence-electron chi connectivity index (χ1n) is 12.3. The van der Waals surface area contributed by atoms with Gasteiger partial charge in [-0.15, -0.1) is 5.92 Å². The molecule has 1 aliphatic rings. The maximum atomic E-state index is 13.8. The van der Waals surface area contributed by atoms with Gasteiger partial charge in [-0.1, -0.05) is 35.7 Å². The van der Waals surface area contributed by atoms with Crippen molar-refractivity contribution in [3.63, 3.8) is 0 Å². The number of para-hydroxylation sites is 1. The van der Waals surface area contributed by atoms with Crippen molar-refractivity contribution in [1.82, 2.24) is 24.6 Å². The number of nitrogens with one attached hydrogen (secondary N) is 1. The summed E-state index contributed by atoms with van der Waals surface area (Å²) in [5.41, 5.74) is 6.49. The standard InChI is InChI=1S/C25H30ClN6O7P/c1-5-11-25(26)20(33)19(38-23(25)32-14-29-18-12-28-24(27)30-21(18)32)13-36-40(35,39-17-9-7-6-8-10-17)31-16(4)22(34)37-15(2)3/h6-10,12,14-16,19-20,23,33H,13H2,1-4H3,(H,31,35)(H2,27,28,30)/t16-,19+,20?,23+,25+,40?/m0/s1. The molecular weight excluding hydrogens is 563 g/mol. The van der Waals surface area contributed by atoms with Gasteiger partial charge in [-0.2, -0.15) is 10.1 Å². The number of nitrogens with zero attached hydrogens (tertiary/aromatic N) is 4. The molecule has 6 atom stereocenters. The highest BCUT2D eigenvalue weighted by atomic mass is 35.5. The number of carbonyl (C=O) groups is 1. The zero-order valence-electron chi connectivity index (χ0n) is 22.2. The van der Waals surface area contributed by atoms with Crippen LogP contribution < -0.4 is 15.3 Å². The fourth-order valence-corrected chi connectivity index (χ4v) is 5.89. The summed E-state index contributed by atoms with van der Waals surface area (Å²) in [6, 6.07) is 7.21. The number of carbonyl (C=O) groups excluding carboxylic acids is 1. The van der Waals surface area contributed by atoms with Gasteiger partial charge < -0.3 is 24.8 Å². The summed E-state index contributed by atoms with van der Waals surface area (Å²) < 4.78 is 38.0. The minimum absolute atomic E-state index is 0.00427. The Morgan fingerprint density at radius 1 is 1.32 bits per heavy atom. The summed E-state index contributed by atoms with van der Waals surface area (Å²) in [6.45, 7) is 5.96. The first-order valence-corrected chi connectivity index (χ1v) is 14.3. The third kappa shape index (κ3) is 6.39. The Balaban J connectivity index is 1.59. The molecule has 1 aromatic carbocycles. The number of nitrogens with two attached hydrogens (primary N) is 1. The molecule has 3 aromatic rings. The van der Waals surface area contributed by atoms with E-state index in [0.717, 1.165) is 0 Å². The van der Waals surface area contributed by atoms with Gasteiger partial charge in [0.1, 0.15) is 29.5 Å².